The smallest absolute Gasteiger partial charge is 0.146 e. The molecule has 194 valence electrons. The monoisotopic (exact) mass is 528 g/mol. The van der Waals surface area contributed by atoms with Crippen molar-refractivity contribution < 1.29 is 4.74 Å². The van der Waals surface area contributed by atoms with E-state index in [2.05, 4.69) is 94.4 Å². The van der Waals surface area contributed by atoms with Crippen LogP contribution in [-0.4, -0.2) is 19.2 Å². The maximum atomic E-state index is 6.41. The van der Waals surface area contributed by atoms with Crippen LogP contribution in [0.4, 0.5) is 0 Å². The van der Waals surface area contributed by atoms with Gasteiger partial charge in [0.25, 0.3) is 0 Å². The number of hydrogen-bond acceptors (Lipinski definition) is 3. The van der Waals surface area contributed by atoms with Crippen molar-refractivity contribution in [2.24, 2.45) is 0 Å². The molecular weight excluding hydrogens is 504 g/mol. The summed E-state index contributed by atoms with van der Waals surface area (Å²) in [7, 11) is 0. The molecule has 0 saturated carbocycles. The van der Waals surface area contributed by atoms with E-state index in [1.54, 1.807) is 6.20 Å². The van der Waals surface area contributed by atoms with Gasteiger partial charge in [-0.1, -0.05) is 84.9 Å². The normalized spacial score (nSPS) is 11.4. The highest BCUT2D eigenvalue weighted by Crippen LogP contribution is 2.40. The van der Waals surface area contributed by atoms with E-state index in [4.69, 9.17) is 9.72 Å². The molecule has 3 heterocycles. The molecule has 0 aliphatic rings. The average molecular weight is 529 g/mol. The standard InChI is InChI=1S/C36H24N4O/c1-3-11-25(12-4-1)34-35(26-13-5-2-6-14-26)40-33-18-8-7-17-31(33)30-20-19-29(24-32(30)36(40)38-34)41-28-16-9-15-27(23-28)39-22-10-21-37-39/h1-24H. The van der Waals surface area contributed by atoms with E-state index in [1.807, 2.05) is 59.4 Å². The van der Waals surface area contributed by atoms with E-state index >= 15 is 0 Å². The van der Waals surface area contributed by atoms with Crippen molar-refractivity contribution in [3.63, 3.8) is 0 Å². The first-order valence-corrected chi connectivity index (χ1v) is 13.6. The first-order chi connectivity index (χ1) is 20.3. The zero-order valence-corrected chi connectivity index (χ0v) is 22.1. The number of rotatable bonds is 5. The summed E-state index contributed by atoms with van der Waals surface area (Å²) < 4.78 is 10.5. The highest BCUT2D eigenvalue weighted by atomic mass is 16.5. The van der Waals surface area contributed by atoms with Gasteiger partial charge < -0.3 is 4.74 Å². The number of para-hydroxylation sites is 1. The number of hydrogen-bond donors (Lipinski definition) is 0. The highest BCUT2D eigenvalue weighted by Gasteiger charge is 2.21. The Kier molecular flexibility index (Phi) is 5.38. The lowest BCUT2D eigenvalue weighted by Crippen LogP contribution is -1.95. The molecule has 0 N–H and O–H groups in total. The zero-order chi connectivity index (χ0) is 27.2. The van der Waals surface area contributed by atoms with Gasteiger partial charge in [0.1, 0.15) is 17.1 Å². The minimum atomic E-state index is 0.743. The summed E-state index contributed by atoms with van der Waals surface area (Å²) >= 11 is 0. The predicted molar refractivity (Wildman–Crippen MR) is 165 cm³/mol. The number of fused-ring (bicyclic) bond motifs is 6. The summed E-state index contributed by atoms with van der Waals surface area (Å²) in [6.07, 6.45) is 3.69. The average Bonchev–Trinajstić information content (AvgIpc) is 3.72. The molecule has 0 spiro atoms. The fourth-order valence-corrected chi connectivity index (χ4v) is 5.65. The summed E-state index contributed by atoms with van der Waals surface area (Å²) in [6, 6.07) is 45.6. The highest BCUT2D eigenvalue weighted by molar-refractivity contribution is 6.13. The van der Waals surface area contributed by atoms with Crippen molar-refractivity contribution in [3.8, 4) is 39.7 Å². The van der Waals surface area contributed by atoms with Crippen molar-refractivity contribution in [2.75, 3.05) is 0 Å². The Morgan fingerprint density at radius 2 is 1.32 bits per heavy atom. The van der Waals surface area contributed by atoms with Crippen molar-refractivity contribution >= 4 is 27.3 Å². The lowest BCUT2D eigenvalue weighted by molar-refractivity contribution is 0.483. The molecule has 5 nitrogen and oxygen atoms in total. The van der Waals surface area contributed by atoms with E-state index in [0.717, 1.165) is 67.0 Å². The van der Waals surface area contributed by atoms with E-state index in [9.17, 15) is 0 Å². The van der Waals surface area contributed by atoms with Crippen LogP contribution in [0.5, 0.6) is 11.5 Å². The quantitative estimate of drug-likeness (QED) is 0.209. The van der Waals surface area contributed by atoms with E-state index < -0.39 is 0 Å². The fourth-order valence-electron chi connectivity index (χ4n) is 5.65. The third-order valence-electron chi connectivity index (χ3n) is 7.46. The fraction of sp³-hybridized carbons (Fsp3) is 0. The maximum Gasteiger partial charge on any atom is 0.146 e. The number of nitrogens with zero attached hydrogens (tertiary/aromatic N) is 4. The summed E-state index contributed by atoms with van der Waals surface area (Å²) in [5, 5.41) is 7.68. The number of benzene rings is 5. The Morgan fingerprint density at radius 1 is 0.561 bits per heavy atom. The molecule has 0 atom stereocenters. The molecule has 5 aromatic carbocycles. The molecule has 0 saturated heterocycles. The summed E-state index contributed by atoms with van der Waals surface area (Å²) in [5.41, 5.74) is 7.17. The molecule has 0 bridgehead atoms. The zero-order valence-electron chi connectivity index (χ0n) is 22.1. The van der Waals surface area contributed by atoms with Crippen LogP contribution in [0, 0.1) is 0 Å². The Morgan fingerprint density at radius 3 is 2.12 bits per heavy atom. The van der Waals surface area contributed by atoms with Gasteiger partial charge >= 0.3 is 0 Å². The van der Waals surface area contributed by atoms with Gasteiger partial charge in [0.05, 0.1) is 22.6 Å². The molecule has 41 heavy (non-hydrogen) atoms. The van der Waals surface area contributed by atoms with Crippen LogP contribution in [0.1, 0.15) is 0 Å². The molecule has 8 aromatic rings. The van der Waals surface area contributed by atoms with Crippen LogP contribution in [0.3, 0.4) is 0 Å². The van der Waals surface area contributed by atoms with Crippen molar-refractivity contribution in [2.45, 2.75) is 0 Å². The lowest BCUT2D eigenvalue weighted by Gasteiger charge is -2.13. The van der Waals surface area contributed by atoms with Gasteiger partial charge in [-0.15, -0.1) is 0 Å². The molecule has 0 aliphatic carbocycles. The van der Waals surface area contributed by atoms with Gasteiger partial charge in [-0.25, -0.2) is 9.67 Å². The summed E-state index contributed by atoms with van der Waals surface area (Å²) in [4.78, 5) is 5.33. The Balaban J connectivity index is 1.38. The third-order valence-corrected chi connectivity index (χ3v) is 7.46. The van der Waals surface area contributed by atoms with E-state index in [-0.39, 0.29) is 0 Å². The minimum absolute atomic E-state index is 0.743. The van der Waals surface area contributed by atoms with Crippen LogP contribution in [0.25, 0.3) is 55.5 Å². The Hall–Kier alpha value is -5.68. The van der Waals surface area contributed by atoms with Crippen LogP contribution < -0.4 is 4.74 Å². The summed E-state index contributed by atoms with van der Waals surface area (Å²) in [6.45, 7) is 0. The number of aromatic nitrogens is 4. The molecule has 5 heteroatoms. The molecule has 0 amide bonds. The topological polar surface area (TPSA) is 44.3 Å². The van der Waals surface area contributed by atoms with Crippen LogP contribution in [0.2, 0.25) is 0 Å². The van der Waals surface area contributed by atoms with E-state index in [1.165, 1.54) is 0 Å². The lowest BCUT2D eigenvalue weighted by atomic mass is 10.0. The first kappa shape index (κ1) is 23.2. The number of ether oxygens (including phenoxy) is 1. The van der Waals surface area contributed by atoms with Crippen molar-refractivity contribution in [1.29, 1.82) is 0 Å². The molecule has 3 aromatic heterocycles. The van der Waals surface area contributed by atoms with Gasteiger partial charge in [-0.2, -0.15) is 5.10 Å². The van der Waals surface area contributed by atoms with Gasteiger partial charge in [-0.3, -0.25) is 4.40 Å². The number of pyridine rings is 1. The van der Waals surface area contributed by atoms with Crippen LogP contribution >= 0.6 is 0 Å². The van der Waals surface area contributed by atoms with Crippen molar-refractivity contribution in [1.82, 2.24) is 19.2 Å². The Labute approximate surface area is 236 Å². The molecular formula is C36H24N4O. The molecule has 0 aliphatic heterocycles. The molecule has 0 unspecified atom stereocenters. The largest absolute Gasteiger partial charge is 0.457 e. The second kappa shape index (κ2) is 9.50. The number of imidazole rings is 1. The molecule has 0 fully saturated rings. The molecule has 0 radical (unpaired) electrons. The minimum Gasteiger partial charge on any atom is -0.457 e. The van der Waals surface area contributed by atoms with Gasteiger partial charge in [0.2, 0.25) is 0 Å². The second-order valence-corrected chi connectivity index (χ2v) is 9.97. The van der Waals surface area contributed by atoms with Crippen molar-refractivity contribution in [3.05, 3.63) is 146 Å². The SMILES string of the molecule is c1ccc(-c2nc3c4cc(Oc5cccc(-n6cccn6)c5)ccc4c4ccccc4n3c2-c2ccccc2)cc1. The Bertz CT molecular complexity index is 2170. The molecule has 8 rings (SSSR count). The van der Waals surface area contributed by atoms with Crippen LogP contribution in [0.15, 0.2) is 146 Å². The van der Waals surface area contributed by atoms with Crippen LogP contribution in [-0.2, 0) is 0 Å². The van der Waals surface area contributed by atoms with E-state index in [0.29, 0.717) is 0 Å². The van der Waals surface area contributed by atoms with Gasteiger partial charge in [0, 0.05) is 40.4 Å². The predicted octanol–water partition coefficient (Wildman–Crippen LogP) is 8.95. The first-order valence-electron chi connectivity index (χ1n) is 13.6. The summed E-state index contributed by atoms with van der Waals surface area (Å²) in [5.74, 6) is 1.49. The van der Waals surface area contributed by atoms with Gasteiger partial charge in [0.15, 0.2) is 0 Å². The second-order valence-electron chi connectivity index (χ2n) is 9.97. The maximum absolute atomic E-state index is 6.41. The van der Waals surface area contributed by atoms with Gasteiger partial charge in [-0.05, 0) is 47.9 Å². The third kappa shape index (κ3) is 3.95.